The van der Waals surface area contributed by atoms with Crippen molar-refractivity contribution in [2.24, 2.45) is 11.1 Å². The van der Waals surface area contributed by atoms with Crippen LogP contribution in [-0.4, -0.2) is 42.3 Å². The summed E-state index contributed by atoms with van der Waals surface area (Å²) in [6, 6.07) is 0.333. The highest BCUT2D eigenvalue weighted by molar-refractivity contribution is 4.79. The van der Waals surface area contributed by atoms with Gasteiger partial charge < -0.3 is 15.7 Å². The molecule has 0 aromatic heterocycles. The zero-order valence-electron chi connectivity index (χ0n) is 9.54. The van der Waals surface area contributed by atoms with Crippen molar-refractivity contribution in [3.63, 3.8) is 0 Å². The van der Waals surface area contributed by atoms with Crippen LogP contribution < -0.4 is 5.73 Å². The molecular formula is C10H24N2O. The van der Waals surface area contributed by atoms with Crippen molar-refractivity contribution in [1.29, 1.82) is 0 Å². The van der Waals surface area contributed by atoms with Gasteiger partial charge in [-0.05, 0) is 19.4 Å². The average molecular weight is 188 g/mol. The zero-order chi connectivity index (χ0) is 10.6. The number of aliphatic hydroxyl groups is 1. The second-order valence-electron chi connectivity index (χ2n) is 4.92. The lowest BCUT2D eigenvalue weighted by Crippen LogP contribution is -2.46. The number of hydrogen-bond acceptors (Lipinski definition) is 3. The first-order valence-corrected chi connectivity index (χ1v) is 4.85. The minimum absolute atomic E-state index is 0.0567. The van der Waals surface area contributed by atoms with Crippen molar-refractivity contribution >= 4 is 0 Å². The molecule has 0 saturated heterocycles. The van der Waals surface area contributed by atoms with Crippen LogP contribution in [0.1, 0.15) is 27.7 Å². The molecular weight excluding hydrogens is 164 g/mol. The van der Waals surface area contributed by atoms with Gasteiger partial charge in [0.05, 0.1) is 6.61 Å². The van der Waals surface area contributed by atoms with E-state index < -0.39 is 0 Å². The maximum atomic E-state index is 8.82. The molecule has 0 bridgehead atoms. The first-order valence-electron chi connectivity index (χ1n) is 4.85. The molecule has 0 aromatic rings. The van der Waals surface area contributed by atoms with E-state index in [-0.39, 0.29) is 18.1 Å². The van der Waals surface area contributed by atoms with Gasteiger partial charge in [0.1, 0.15) is 0 Å². The summed E-state index contributed by atoms with van der Waals surface area (Å²) in [7, 11) is 2.05. The second-order valence-corrected chi connectivity index (χ2v) is 4.92. The minimum atomic E-state index is -0.130. The van der Waals surface area contributed by atoms with Crippen molar-refractivity contribution in [3.8, 4) is 0 Å². The van der Waals surface area contributed by atoms with Crippen LogP contribution in [0.25, 0.3) is 0 Å². The molecule has 3 nitrogen and oxygen atoms in total. The van der Waals surface area contributed by atoms with E-state index in [0.29, 0.717) is 6.04 Å². The van der Waals surface area contributed by atoms with E-state index in [1.54, 1.807) is 0 Å². The van der Waals surface area contributed by atoms with E-state index >= 15 is 0 Å². The Balaban J connectivity index is 4.03. The average Bonchev–Trinajstić information content (AvgIpc) is 2.01. The SMILES string of the molecule is CC(N(C)CC(N)CO)C(C)(C)C. The summed E-state index contributed by atoms with van der Waals surface area (Å²) in [4.78, 5) is 2.20. The molecule has 0 rings (SSSR count). The van der Waals surface area contributed by atoms with Gasteiger partial charge in [0.2, 0.25) is 0 Å². The molecule has 0 aromatic carbocycles. The normalized spacial score (nSPS) is 17.5. The fourth-order valence-corrected chi connectivity index (χ4v) is 1.25. The summed E-state index contributed by atoms with van der Waals surface area (Å²) in [5.74, 6) is 0. The molecule has 0 aliphatic heterocycles. The number of aliphatic hydroxyl groups excluding tert-OH is 1. The Bertz CT molecular complexity index is 142. The van der Waals surface area contributed by atoms with E-state index in [2.05, 4.69) is 32.6 Å². The fourth-order valence-electron chi connectivity index (χ4n) is 1.25. The summed E-state index contributed by atoms with van der Waals surface area (Å²) in [5, 5.41) is 8.82. The molecule has 3 heteroatoms. The van der Waals surface area contributed by atoms with Gasteiger partial charge in [-0.3, -0.25) is 0 Å². The highest BCUT2D eigenvalue weighted by Gasteiger charge is 2.24. The number of nitrogens with zero attached hydrogens (tertiary/aromatic N) is 1. The Labute approximate surface area is 81.9 Å². The molecule has 3 N–H and O–H groups in total. The quantitative estimate of drug-likeness (QED) is 0.682. The monoisotopic (exact) mass is 188 g/mol. The Morgan fingerprint density at radius 3 is 2.15 bits per heavy atom. The molecule has 0 fully saturated rings. The zero-order valence-corrected chi connectivity index (χ0v) is 9.54. The van der Waals surface area contributed by atoms with Gasteiger partial charge in [-0.25, -0.2) is 0 Å². The van der Waals surface area contributed by atoms with Gasteiger partial charge in [-0.15, -0.1) is 0 Å². The van der Waals surface area contributed by atoms with E-state index in [4.69, 9.17) is 10.8 Å². The van der Waals surface area contributed by atoms with Gasteiger partial charge in [0.15, 0.2) is 0 Å². The standard InChI is InChI=1S/C10H24N2O/c1-8(10(2,3)4)12(5)6-9(11)7-13/h8-9,13H,6-7,11H2,1-5H3. The van der Waals surface area contributed by atoms with Crippen LogP contribution >= 0.6 is 0 Å². The van der Waals surface area contributed by atoms with Crippen LogP contribution in [0, 0.1) is 5.41 Å². The van der Waals surface area contributed by atoms with Crippen molar-refractivity contribution in [3.05, 3.63) is 0 Å². The number of rotatable bonds is 4. The fraction of sp³-hybridized carbons (Fsp3) is 1.00. The van der Waals surface area contributed by atoms with E-state index in [0.717, 1.165) is 6.54 Å². The third-order valence-electron chi connectivity index (χ3n) is 2.67. The van der Waals surface area contributed by atoms with Crippen LogP contribution in [0.15, 0.2) is 0 Å². The summed E-state index contributed by atoms with van der Waals surface area (Å²) in [6.07, 6.45) is 0. The first-order chi connectivity index (χ1) is 5.79. The predicted molar refractivity (Wildman–Crippen MR) is 56.6 cm³/mol. The molecule has 13 heavy (non-hydrogen) atoms. The molecule has 0 amide bonds. The van der Waals surface area contributed by atoms with Crippen molar-refractivity contribution < 1.29 is 5.11 Å². The van der Waals surface area contributed by atoms with Gasteiger partial charge in [0.25, 0.3) is 0 Å². The molecule has 0 spiro atoms. The molecule has 0 radical (unpaired) electrons. The Hall–Kier alpha value is -0.120. The van der Waals surface area contributed by atoms with E-state index in [1.807, 2.05) is 7.05 Å². The summed E-state index contributed by atoms with van der Waals surface area (Å²) in [5.41, 5.74) is 5.92. The van der Waals surface area contributed by atoms with E-state index in [1.165, 1.54) is 0 Å². The van der Waals surface area contributed by atoms with Gasteiger partial charge in [-0.2, -0.15) is 0 Å². The molecule has 0 aliphatic carbocycles. The highest BCUT2D eigenvalue weighted by atomic mass is 16.3. The van der Waals surface area contributed by atoms with Crippen LogP contribution in [0.3, 0.4) is 0 Å². The number of likely N-dealkylation sites (N-methyl/N-ethyl adjacent to an activating group) is 1. The van der Waals surface area contributed by atoms with Crippen molar-refractivity contribution in [1.82, 2.24) is 4.90 Å². The van der Waals surface area contributed by atoms with E-state index in [9.17, 15) is 0 Å². The predicted octanol–water partition coefficient (Wildman–Crippen LogP) is 0.672. The molecule has 0 saturated carbocycles. The number of nitrogens with two attached hydrogens (primary N) is 1. The third-order valence-corrected chi connectivity index (χ3v) is 2.67. The van der Waals surface area contributed by atoms with Gasteiger partial charge in [-0.1, -0.05) is 20.8 Å². The first kappa shape index (κ1) is 12.9. The number of hydrogen-bond donors (Lipinski definition) is 2. The highest BCUT2D eigenvalue weighted by Crippen LogP contribution is 2.22. The molecule has 0 heterocycles. The maximum Gasteiger partial charge on any atom is 0.0595 e. The van der Waals surface area contributed by atoms with Crippen LogP contribution in [0.4, 0.5) is 0 Å². The molecule has 0 aliphatic rings. The molecule has 2 unspecified atom stereocenters. The Morgan fingerprint density at radius 2 is 1.85 bits per heavy atom. The third kappa shape index (κ3) is 4.60. The van der Waals surface area contributed by atoms with Gasteiger partial charge >= 0.3 is 0 Å². The maximum absolute atomic E-state index is 8.82. The smallest absolute Gasteiger partial charge is 0.0595 e. The summed E-state index contributed by atoms with van der Waals surface area (Å²) < 4.78 is 0. The second kappa shape index (κ2) is 4.94. The topological polar surface area (TPSA) is 49.5 Å². The van der Waals surface area contributed by atoms with Crippen LogP contribution in [-0.2, 0) is 0 Å². The molecule has 2 atom stereocenters. The lowest BCUT2D eigenvalue weighted by molar-refractivity contribution is 0.121. The summed E-state index contributed by atoms with van der Waals surface area (Å²) in [6.45, 7) is 9.61. The Morgan fingerprint density at radius 1 is 1.38 bits per heavy atom. The minimum Gasteiger partial charge on any atom is -0.395 e. The van der Waals surface area contributed by atoms with Crippen molar-refractivity contribution in [2.45, 2.75) is 39.8 Å². The van der Waals surface area contributed by atoms with Crippen molar-refractivity contribution in [2.75, 3.05) is 20.2 Å². The lowest BCUT2D eigenvalue weighted by atomic mass is 9.87. The molecule has 80 valence electrons. The summed E-state index contributed by atoms with van der Waals surface area (Å²) >= 11 is 0. The van der Waals surface area contributed by atoms with Crippen LogP contribution in [0.2, 0.25) is 0 Å². The largest absolute Gasteiger partial charge is 0.395 e. The van der Waals surface area contributed by atoms with Crippen LogP contribution in [0.5, 0.6) is 0 Å². The van der Waals surface area contributed by atoms with Gasteiger partial charge in [0, 0.05) is 18.6 Å². The Kier molecular flexibility index (Phi) is 4.89. The lowest BCUT2D eigenvalue weighted by Gasteiger charge is -2.36.